The van der Waals surface area contributed by atoms with Gasteiger partial charge in [0.15, 0.2) is 5.65 Å². The van der Waals surface area contributed by atoms with Gasteiger partial charge in [-0.3, -0.25) is 9.89 Å². The highest BCUT2D eigenvalue weighted by molar-refractivity contribution is 5.99. The fourth-order valence-electron chi connectivity index (χ4n) is 3.06. The Morgan fingerprint density at radius 1 is 1.36 bits per heavy atom. The topological polar surface area (TPSA) is 79.2 Å². The molecule has 1 fully saturated rings. The molecule has 1 unspecified atom stereocenters. The molecule has 1 atom stereocenters. The van der Waals surface area contributed by atoms with Crippen LogP contribution in [-0.4, -0.2) is 48.7 Å². The minimum absolute atomic E-state index is 0.00193. The van der Waals surface area contributed by atoms with Crippen LogP contribution in [0.25, 0.3) is 5.65 Å². The van der Waals surface area contributed by atoms with Gasteiger partial charge in [0.2, 0.25) is 0 Å². The summed E-state index contributed by atoms with van der Waals surface area (Å²) in [6.07, 6.45) is 8.89. The summed E-state index contributed by atoms with van der Waals surface area (Å²) < 4.78 is 1.63. The molecule has 1 aliphatic rings. The minimum Gasteiger partial charge on any atom is -0.338 e. The van der Waals surface area contributed by atoms with Crippen molar-refractivity contribution in [1.29, 1.82) is 0 Å². The number of piperidine rings is 1. The molecule has 1 amide bonds. The summed E-state index contributed by atoms with van der Waals surface area (Å²) in [6.45, 7) is 1.47. The summed E-state index contributed by atoms with van der Waals surface area (Å²) >= 11 is 0. The Bertz CT molecular complexity index is 793. The van der Waals surface area contributed by atoms with Crippen LogP contribution in [0.4, 0.5) is 0 Å². The first-order chi connectivity index (χ1) is 10.8. The Hall–Kier alpha value is -2.70. The maximum atomic E-state index is 12.8. The summed E-state index contributed by atoms with van der Waals surface area (Å²) in [5, 5.41) is 11.2. The number of nitrogens with zero attached hydrogens (tertiary/aromatic N) is 5. The molecule has 112 valence electrons. The van der Waals surface area contributed by atoms with Gasteiger partial charge in [-0.1, -0.05) is 0 Å². The van der Waals surface area contributed by atoms with Gasteiger partial charge in [0.1, 0.15) is 5.56 Å². The van der Waals surface area contributed by atoms with Crippen molar-refractivity contribution in [3.05, 3.63) is 48.2 Å². The fourth-order valence-corrected chi connectivity index (χ4v) is 3.06. The summed E-state index contributed by atoms with van der Waals surface area (Å²) in [4.78, 5) is 18.9. The lowest BCUT2D eigenvalue weighted by atomic mass is 9.94. The summed E-state index contributed by atoms with van der Waals surface area (Å²) in [6, 6.07) is 3.78. The van der Waals surface area contributed by atoms with Crippen LogP contribution in [0.2, 0.25) is 0 Å². The first-order valence-corrected chi connectivity index (χ1v) is 7.40. The highest BCUT2D eigenvalue weighted by atomic mass is 16.2. The fraction of sp³-hybridized carbons (Fsp3) is 0.333. The SMILES string of the molecule is O=C(c1cnn2cccnc12)N1CCCC(c2ccn[nH]2)C1. The van der Waals surface area contributed by atoms with Crippen molar-refractivity contribution in [1.82, 2.24) is 29.7 Å². The van der Waals surface area contributed by atoms with Crippen LogP contribution < -0.4 is 0 Å². The second kappa shape index (κ2) is 5.25. The molecule has 3 aromatic rings. The highest BCUT2D eigenvalue weighted by Crippen LogP contribution is 2.26. The number of rotatable bonds is 2. The van der Waals surface area contributed by atoms with E-state index in [4.69, 9.17) is 0 Å². The number of fused-ring (bicyclic) bond motifs is 1. The van der Waals surface area contributed by atoms with Gasteiger partial charge in [-0.2, -0.15) is 10.2 Å². The molecule has 22 heavy (non-hydrogen) atoms. The van der Waals surface area contributed by atoms with Crippen molar-refractivity contribution in [3.8, 4) is 0 Å². The number of hydrogen-bond donors (Lipinski definition) is 1. The third-order valence-electron chi connectivity index (χ3n) is 4.18. The lowest BCUT2D eigenvalue weighted by Gasteiger charge is -2.32. The molecular formula is C15H16N6O. The van der Waals surface area contributed by atoms with Crippen molar-refractivity contribution < 1.29 is 4.79 Å². The van der Waals surface area contributed by atoms with Crippen molar-refractivity contribution in [2.75, 3.05) is 13.1 Å². The van der Waals surface area contributed by atoms with E-state index in [9.17, 15) is 4.79 Å². The molecular weight excluding hydrogens is 280 g/mol. The van der Waals surface area contributed by atoms with E-state index in [1.54, 1.807) is 35.4 Å². The van der Waals surface area contributed by atoms with Gasteiger partial charge in [-0.15, -0.1) is 0 Å². The summed E-state index contributed by atoms with van der Waals surface area (Å²) in [7, 11) is 0. The molecule has 0 aliphatic carbocycles. The molecule has 0 saturated carbocycles. The molecule has 0 bridgehead atoms. The number of aromatic amines is 1. The minimum atomic E-state index is -0.00193. The zero-order chi connectivity index (χ0) is 14.9. The number of amides is 1. The number of H-pyrrole nitrogens is 1. The number of nitrogens with one attached hydrogen (secondary N) is 1. The number of likely N-dealkylation sites (tertiary alicyclic amines) is 1. The van der Waals surface area contributed by atoms with Crippen LogP contribution >= 0.6 is 0 Å². The number of aromatic nitrogens is 5. The Morgan fingerprint density at radius 3 is 3.18 bits per heavy atom. The van der Waals surface area contributed by atoms with E-state index in [2.05, 4.69) is 20.3 Å². The largest absolute Gasteiger partial charge is 0.338 e. The van der Waals surface area contributed by atoms with Crippen LogP contribution in [0.3, 0.4) is 0 Å². The normalized spacial score (nSPS) is 18.7. The van der Waals surface area contributed by atoms with E-state index in [1.165, 1.54) is 0 Å². The quantitative estimate of drug-likeness (QED) is 0.776. The number of carbonyl (C=O) groups is 1. The van der Waals surface area contributed by atoms with Crippen molar-refractivity contribution in [2.24, 2.45) is 0 Å². The summed E-state index contributed by atoms with van der Waals surface area (Å²) in [5.74, 6) is 0.313. The maximum Gasteiger partial charge on any atom is 0.259 e. The van der Waals surface area contributed by atoms with Crippen molar-refractivity contribution >= 4 is 11.6 Å². The third-order valence-corrected chi connectivity index (χ3v) is 4.18. The van der Waals surface area contributed by atoms with Crippen molar-refractivity contribution in [2.45, 2.75) is 18.8 Å². The van der Waals surface area contributed by atoms with Crippen LogP contribution in [0.5, 0.6) is 0 Å². The second-order valence-electron chi connectivity index (χ2n) is 5.55. The van der Waals surface area contributed by atoms with Crippen LogP contribution in [0, 0.1) is 0 Å². The third kappa shape index (κ3) is 2.14. The molecule has 0 radical (unpaired) electrons. The average molecular weight is 296 g/mol. The smallest absolute Gasteiger partial charge is 0.259 e. The molecule has 1 aliphatic heterocycles. The molecule has 3 aromatic heterocycles. The van der Waals surface area contributed by atoms with E-state index in [-0.39, 0.29) is 5.91 Å². The van der Waals surface area contributed by atoms with E-state index < -0.39 is 0 Å². The van der Waals surface area contributed by atoms with Gasteiger partial charge in [0.25, 0.3) is 5.91 Å². The molecule has 0 aromatic carbocycles. The van der Waals surface area contributed by atoms with Crippen LogP contribution in [0.15, 0.2) is 36.9 Å². The lowest BCUT2D eigenvalue weighted by Crippen LogP contribution is -2.39. The van der Waals surface area contributed by atoms with Crippen LogP contribution in [-0.2, 0) is 0 Å². The maximum absolute atomic E-state index is 12.8. The first-order valence-electron chi connectivity index (χ1n) is 7.40. The zero-order valence-corrected chi connectivity index (χ0v) is 12.0. The second-order valence-corrected chi connectivity index (χ2v) is 5.55. The number of carbonyl (C=O) groups excluding carboxylic acids is 1. The monoisotopic (exact) mass is 296 g/mol. The van der Waals surface area contributed by atoms with E-state index in [0.717, 1.165) is 25.1 Å². The van der Waals surface area contributed by atoms with Crippen LogP contribution in [0.1, 0.15) is 34.8 Å². The highest BCUT2D eigenvalue weighted by Gasteiger charge is 2.28. The molecule has 7 heteroatoms. The standard InChI is InChI=1S/C15H16N6O/c22-15(12-9-18-21-8-2-5-16-14(12)21)20-7-1-3-11(10-20)13-4-6-17-19-13/h2,4-6,8-9,11H,1,3,7,10H2,(H,17,19). The van der Waals surface area contributed by atoms with Gasteiger partial charge in [-0.05, 0) is 25.0 Å². The van der Waals surface area contributed by atoms with Gasteiger partial charge < -0.3 is 4.90 Å². The van der Waals surface area contributed by atoms with Crippen molar-refractivity contribution in [3.63, 3.8) is 0 Å². The predicted molar refractivity (Wildman–Crippen MR) is 79.5 cm³/mol. The van der Waals surface area contributed by atoms with Gasteiger partial charge in [0.05, 0.1) is 6.20 Å². The average Bonchev–Trinajstić information content (AvgIpc) is 3.24. The molecule has 4 heterocycles. The zero-order valence-electron chi connectivity index (χ0n) is 12.0. The molecule has 1 N–H and O–H groups in total. The van der Waals surface area contributed by atoms with Gasteiger partial charge >= 0.3 is 0 Å². The molecule has 4 rings (SSSR count). The lowest BCUT2D eigenvalue weighted by molar-refractivity contribution is 0.0707. The molecule has 7 nitrogen and oxygen atoms in total. The first kappa shape index (κ1) is 13.0. The van der Waals surface area contributed by atoms with E-state index >= 15 is 0 Å². The van der Waals surface area contributed by atoms with Gasteiger partial charge in [0, 0.05) is 43.3 Å². The van der Waals surface area contributed by atoms with Gasteiger partial charge in [-0.25, -0.2) is 9.50 Å². The van der Waals surface area contributed by atoms with E-state index in [0.29, 0.717) is 23.7 Å². The number of hydrogen-bond acceptors (Lipinski definition) is 4. The Balaban J connectivity index is 1.60. The Kier molecular flexibility index (Phi) is 3.10. The molecule has 1 saturated heterocycles. The Morgan fingerprint density at radius 2 is 2.32 bits per heavy atom. The summed E-state index contributed by atoms with van der Waals surface area (Å²) in [5.41, 5.74) is 2.26. The molecule has 0 spiro atoms. The Labute approximate surface area is 127 Å². The predicted octanol–water partition coefficient (Wildman–Crippen LogP) is 1.47. The van der Waals surface area contributed by atoms with E-state index in [1.807, 2.05) is 11.0 Å².